The number of nitrogens with one attached hydrogen (secondary N) is 2. The van der Waals surface area contributed by atoms with E-state index in [-0.39, 0.29) is 54.9 Å². The van der Waals surface area contributed by atoms with Crippen molar-refractivity contribution in [2.24, 2.45) is 41.1 Å². The molecule has 3 amide bonds. The minimum atomic E-state index is -0.907. The van der Waals surface area contributed by atoms with E-state index in [0.717, 1.165) is 12.8 Å². The maximum atomic E-state index is 13.0. The van der Waals surface area contributed by atoms with E-state index in [1.54, 1.807) is 32.2 Å². The van der Waals surface area contributed by atoms with E-state index in [1.165, 1.54) is 0 Å². The summed E-state index contributed by atoms with van der Waals surface area (Å²) in [5, 5.41) is 16.7. The molecule has 1 rings (SSSR count). The highest BCUT2D eigenvalue weighted by molar-refractivity contribution is 5.96. The van der Waals surface area contributed by atoms with Gasteiger partial charge in [0.2, 0.25) is 11.8 Å². The van der Waals surface area contributed by atoms with Gasteiger partial charge in [0.1, 0.15) is 5.75 Å². The van der Waals surface area contributed by atoms with Crippen LogP contribution in [0.2, 0.25) is 0 Å². The summed E-state index contributed by atoms with van der Waals surface area (Å²) in [6.45, 7) is 11.3. The zero-order valence-electron chi connectivity index (χ0n) is 25.6. The monoisotopic (exact) mass is 600 g/mol. The Morgan fingerprint density at radius 2 is 1.56 bits per heavy atom. The second-order valence-corrected chi connectivity index (χ2v) is 11.4. The van der Waals surface area contributed by atoms with Gasteiger partial charge in [-0.2, -0.15) is 0 Å². The number of hydrogen-bond donors (Lipinski definition) is 5. The molecular formula is C30H53ClN4O6. The molecule has 11 heteroatoms. The molecule has 0 fully saturated rings. The van der Waals surface area contributed by atoms with Crippen molar-refractivity contribution >= 4 is 30.1 Å². The number of primary amides is 1. The van der Waals surface area contributed by atoms with Crippen molar-refractivity contribution in [1.82, 2.24) is 10.6 Å². The number of carbonyl (C=O) groups is 3. The number of halogens is 1. The van der Waals surface area contributed by atoms with Crippen LogP contribution < -0.4 is 26.8 Å². The lowest BCUT2D eigenvalue weighted by atomic mass is 9.83. The van der Waals surface area contributed by atoms with Crippen LogP contribution in [-0.2, 0) is 14.3 Å². The summed E-state index contributed by atoms with van der Waals surface area (Å²) >= 11 is 0. The van der Waals surface area contributed by atoms with Crippen LogP contribution in [0, 0.1) is 29.6 Å². The van der Waals surface area contributed by atoms with Crippen molar-refractivity contribution in [3.8, 4) is 5.75 Å². The number of nitrogens with two attached hydrogens (primary N) is 2. The molecule has 0 aromatic heterocycles. The van der Waals surface area contributed by atoms with Crippen molar-refractivity contribution in [2.45, 2.75) is 72.4 Å². The third-order valence-corrected chi connectivity index (χ3v) is 7.37. The van der Waals surface area contributed by atoms with Gasteiger partial charge in [0.25, 0.3) is 5.91 Å². The third kappa shape index (κ3) is 14.4. The fourth-order valence-corrected chi connectivity index (χ4v) is 4.33. The number of methoxy groups -OCH3 is 1. The Morgan fingerprint density at radius 1 is 0.927 bits per heavy atom. The maximum Gasteiger partial charge on any atom is 0.255 e. The molecule has 0 aliphatic carbocycles. The van der Waals surface area contributed by atoms with Crippen molar-refractivity contribution < 1.29 is 29.0 Å². The first kappa shape index (κ1) is 38.6. The Labute approximate surface area is 252 Å². The van der Waals surface area contributed by atoms with E-state index in [9.17, 15) is 19.5 Å². The first-order valence-corrected chi connectivity index (χ1v) is 14.4. The molecule has 10 nitrogen and oxygen atoms in total. The molecule has 0 saturated heterocycles. The molecule has 5 atom stereocenters. The van der Waals surface area contributed by atoms with E-state index < -0.39 is 29.9 Å². The number of para-hydroxylation sites is 1. The summed E-state index contributed by atoms with van der Waals surface area (Å²) in [7, 11) is 1.66. The molecule has 1 aromatic rings. The van der Waals surface area contributed by atoms with E-state index in [0.29, 0.717) is 37.5 Å². The molecule has 0 radical (unpaired) electrons. The number of unbranched alkanes of at least 4 members (excludes halogenated alkanes) is 1. The van der Waals surface area contributed by atoms with Crippen LogP contribution >= 0.6 is 12.4 Å². The summed E-state index contributed by atoms with van der Waals surface area (Å²) < 4.78 is 10.9. The van der Waals surface area contributed by atoms with E-state index in [4.69, 9.17) is 20.9 Å². The van der Waals surface area contributed by atoms with Gasteiger partial charge < -0.3 is 36.7 Å². The molecule has 0 spiro atoms. The lowest BCUT2D eigenvalue weighted by molar-refractivity contribution is -0.128. The second kappa shape index (κ2) is 20.5. The fourth-order valence-electron chi connectivity index (χ4n) is 4.33. The summed E-state index contributed by atoms with van der Waals surface area (Å²) in [5.74, 6) is -1.18. The Morgan fingerprint density at radius 3 is 2.15 bits per heavy atom. The summed E-state index contributed by atoms with van der Waals surface area (Å²) in [5.41, 5.74) is 12.2. The molecule has 5 unspecified atom stereocenters. The van der Waals surface area contributed by atoms with Gasteiger partial charge in [-0.05, 0) is 55.6 Å². The fraction of sp³-hybridized carbons (Fsp3) is 0.700. The van der Waals surface area contributed by atoms with Crippen LogP contribution in [-0.4, -0.2) is 68.4 Å². The number of amides is 3. The number of hydrogen-bond acceptors (Lipinski definition) is 7. The molecular weight excluding hydrogens is 548 g/mol. The average molecular weight is 601 g/mol. The largest absolute Gasteiger partial charge is 0.493 e. The number of aliphatic hydroxyl groups excluding tert-OH is 1. The zero-order chi connectivity index (χ0) is 30.2. The molecule has 1 aromatic carbocycles. The molecule has 41 heavy (non-hydrogen) atoms. The molecule has 236 valence electrons. The number of carbonyl (C=O) groups excluding carboxylic acids is 3. The molecule has 0 aliphatic rings. The number of ether oxygens (including phenoxy) is 2. The highest BCUT2D eigenvalue weighted by Gasteiger charge is 2.30. The lowest BCUT2D eigenvalue weighted by Gasteiger charge is -2.30. The second-order valence-electron chi connectivity index (χ2n) is 11.4. The smallest absolute Gasteiger partial charge is 0.255 e. The quantitative estimate of drug-likeness (QED) is 0.143. The number of aliphatic hydroxyl groups is 1. The Kier molecular flexibility index (Phi) is 19.3. The highest BCUT2D eigenvalue weighted by atomic mass is 35.5. The van der Waals surface area contributed by atoms with E-state index in [1.807, 2.05) is 19.9 Å². The average Bonchev–Trinajstić information content (AvgIpc) is 2.91. The molecule has 7 N–H and O–H groups in total. The van der Waals surface area contributed by atoms with Crippen molar-refractivity contribution in [3.05, 3.63) is 29.8 Å². The van der Waals surface area contributed by atoms with Gasteiger partial charge in [0.05, 0.1) is 24.2 Å². The van der Waals surface area contributed by atoms with Gasteiger partial charge in [0, 0.05) is 38.8 Å². The molecule has 0 aliphatic heterocycles. The van der Waals surface area contributed by atoms with Crippen molar-refractivity contribution in [1.29, 1.82) is 0 Å². The van der Waals surface area contributed by atoms with Crippen molar-refractivity contribution in [3.63, 3.8) is 0 Å². The van der Waals surface area contributed by atoms with Crippen LogP contribution in [0.15, 0.2) is 24.3 Å². The van der Waals surface area contributed by atoms with Crippen LogP contribution in [0.1, 0.15) is 70.7 Å². The Balaban J connectivity index is 0.0000160. The SMILES string of the molecule is COCCCCOc1ccccc1C(=O)NCC(CC(N)C(O)CC(C(=O)NCC(C)C(N)=O)C(C)C)C(C)C.Cl. The molecule has 0 heterocycles. The summed E-state index contributed by atoms with van der Waals surface area (Å²) in [4.78, 5) is 37.1. The van der Waals surface area contributed by atoms with E-state index >= 15 is 0 Å². The third-order valence-electron chi connectivity index (χ3n) is 7.37. The number of benzene rings is 1. The van der Waals surface area contributed by atoms with Gasteiger partial charge in [-0.3, -0.25) is 14.4 Å². The number of rotatable bonds is 20. The first-order chi connectivity index (χ1) is 18.9. The van der Waals surface area contributed by atoms with Crippen molar-refractivity contribution in [2.75, 3.05) is 33.4 Å². The molecule has 0 saturated carbocycles. The van der Waals surface area contributed by atoms with Crippen LogP contribution in [0.5, 0.6) is 5.75 Å². The highest BCUT2D eigenvalue weighted by Crippen LogP contribution is 2.24. The minimum Gasteiger partial charge on any atom is -0.493 e. The van der Waals surface area contributed by atoms with E-state index in [2.05, 4.69) is 24.5 Å². The van der Waals surface area contributed by atoms with Crippen LogP contribution in [0.4, 0.5) is 0 Å². The molecule has 0 bridgehead atoms. The summed E-state index contributed by atoms with van der Waals surface area (Å²) in [6, 6.07) is 6.58. The topological polar surface area (TPSA) is 166 Å². The van der Waals surface area contributed by atoms with Gasteiger partial charge in [-0.15, -0.1) is 12.4 Å². The van der Waals surface area contributed by atoms with Gasteiger partial charge in [0.15, 0.2) is 0 Å². The maximum absolute atomic E-state index is 13.0. The van der Waals surface area contributed by atoms with Gasteiger partial charge >= 0.3 is 0 Å². The van der Waals surface area contributed by atoms with Crippen LogP contribution in [0.25, 0.3) is 0 Å². The standard InChI is InChI=1S/C30H52N4O6.ClH/c1-19(2)22(18-34-29(37)23-11-7-8-12-27(23)40-14-10-9-13-39-6)15-25(31)26(35)16-24(20(3)4)30(38)33-17-21(5)28(32)36;/h7-8,11-12,19-22,24-26,35H,9-10,13-18,31H2,1-6H3,(H2,32,36)(H,33,38)(H,34,37);1H. The Hall–Kier alpha value is -2.40. The predicted octanol–water partition coefficient (Wildman–Crippen LogP) is 2.89. The zero-order valence-corrected chi connectivity index (χ0v) is 26.4. The Bertz CT molecular complexity index is 917. The van der Waals surface area contributed by atoms with Gasteiger partial charge in [-0.25, -0.2) is 0 Å². The lowest BCUT2D eigenvalue weighted by Crippen LogP contribution is -2.45. The summed E-state index contributed by atoms with van der Waals surface area (Å²) in [6.07, 6.45) is 1.47. The normalized spacial score (nSPS) is 14.9. The van der Waals surface area contributed by atoms with Gasteiger partial charge in [-0.1, -0.05) is 46.8 Å². The predicted molar refractivity (Wildman–Crippen MR) is 164 cm³/mol. The minimum absolute atomic E-state index is 0. The first-order valence-electron chi connectivity index (χ1n) is 14.4. The van der Waals surface area contributed by atoms with Crippen LogP contribution in [0.3, 0.4) is 0 Å².